The molecular weight excluding hydrogens is 210 g/mol. The molecule has 0 heterocycles. The molecule has 0 aliphatic carbocycles. The van der Waals surface area contributed by atoms with Crippen LogP contribution in [-0.4, -0.2) is 21.8 Å². The molecule has 0 fully saturated rings. The van der Waals surface area contributed by atoms with E-state index in [1.807, 2.05) is 26.0 Å². The van der Waals surface area contributed by atoms with Gasteiger partial charge in [0.2, 0.25) is 0 Å². The van der Waals surface area contributed by atoms with Gasteiger partial charge in [-0.3, -0.25) is 4.21 Å². The summed E-state index contributed by atoms with van der Waals surface area (Å²) >= 11 is 0. The standard InChI is InChI=1S/C11H17NO2S/c1-9(2)15(13)8-7-14-11-5-3-10(12)4-6-11/h3-6,9H,7-8,12H2,1-2H3. The average molecular weight is 227 g/mol. The second kappa shape index (κ2) is 5.75. The van der Waals surface area contributed by atoms with Crippen LogP contribution in [0.15, 0.2) is 24.3 Å². The summed E-state index contributed by atoms with van der Waals surface area (Å²) in [7, 11) is -0.799. The molecule has 4 heteroatoms. The third kappa shape index (κ3) is 4.34. The molecule has 0 bridgehead atoms. The van der Waals surface area contributed by atoms with E-state index in [4.69, 9.17) is 10.5 Å². The van der Waals surface area contributed by atoms with Crippen molar-refractivity contribution in [2.45, 2.75) is 19.1 Å². The molecule has 0 saturated carbocycles. The monoisotopic (exact) mass is 227 g/mol. The number of hydrogen-bond acceptors (Lipinski definition) is 3. The van der Waals surface area contributed by atoms with Gasteiger partial charge in [0, 0.05) is 21.7 Å². The van der Waals surface area contributed by atoms with E-state index in [0.717, 1.165) is 5.75 Å². The molecule has 0 saturated heterocycles. The number of rotatable bonds is 5. The molecule has 1 atom stereocenters. The normalized spacial score (nSPS) is 12.7. The van der Waals surface area contributed by atoms with Gasteiger partial charge in [0.05, 0.1) is 12.4 Å². The summed E-state index contributed by atoms with van der Waals surface area (Å²) in [5.41, 5.74) is 6.25. The molecule has 84 valence electrons. The zero-order valence-corrected chi connectivity index (χ0v) is 9.92. The first-order chi connectivity index (χ1) is 7.09. The lowest BCUT2D eigenvalue weighted by atomic mass is 10.3. The van der Waals surface area contributed by atoms with E-state index in [1.165, 1.54) is 0 Å². The van der Waals surface area contributed by atoms with Crippen LogP contribution >= 0.6 is 0 Å². The van der Waals surface area contributed by atoms with Crippen molar-refractivity contribution in [1.29, 1.82) is 0 Å². The molecule has 1 unspecified atom stereocenters. The molecule has 0 aliphatic rings. The number of ether oxygens (including phenoxy) is 1. The van der Waals surface area contributed by atoms with Gasteiger partial charge in [0.1, 0.15) is 5.75 Å². The molecule has 3 nitrogen and oxygen atoms in total. The number of hydrogen-bond donors (Lipinski definition) is 1. The van der Waals surface area contributed by atoms with Crippen molar-refractivity contribution >= 4 is 16.5 Å². The lowest BCUT2D eigenvalue weighted by Gasteiger charge is -2.07. The molecule has 0 amide bonds. The van der Waals surface area contributed by atoms with E-state index in [9.17, 15) is 4.21 Å². The fourth-order valence-corrected chi connectivity index (χ4v) is 1.76. The molecule has 1 rings (SSSR count). The predicted octanol–water partition coefficient (Wildman–Crippen LogP) is 1.80. The van der Waals surface area contributed by atoms with Crippen LogP contribution in [0.4, 0.5) is 5.69 Å². The average Bonchev–Trinajstić information content (AvgIpc) is 2.20. The van der Waals surface area contributed by atoms with E-state index in [2.05, 4.69) is 0 Å². The molecule has 0 aliphatic heterocycles. The molecule has 0 spiro atoms. The Morgan fingerprint density at radius 3 is 2.47 bits per heavy atom. The van der Waals surface area contributed by atoms with E-state index < -0.39 is 10.8 Å². The lowest BCUT2D eigenvalue weighted by molar-refractivity contribution is 0.342. The van der Waals surface area contributed by atoms with Crippen LogP contribution < -0.4 is 10.5 Å². The van der Waals surface area contributed by atoms with Gasteiger partial charge in [-0.15, -0.1) is 0 Å². The summed E-state index contributed by atoms with van der Waals surface area (Å²) in [5.74, 6) is 1.34. The first-order valence-electron chi connectivity index (χ1n) is 4.95. The number of nitrogen functional groups attached to an aromatic ring is 1. The van der Waals surface area contributed by atoms with Crippen LogP contribution in [-0.2, 0) is 10.8 Å². The summed E-state index contributed by atoms with van der Waals surface area (Å²) in [5, 5.41) is 0.194. The van der Waals surface area contributed by atoms with Crippen molar-refractivity contribution in [2.75, 3.05) is 18.1 Å². The number of anilines is 1. The third-order valence-electron chi connectivity index (χ3n) is 1.96. The predicted molar refractivity (Wildman–Crippen MR) is 64.5 cm³/mol. The topological polar surface area (TPSA) is 52.3 Å². The Labute approximate surface area is 93.1 Å². The number of benzene rings is 1. The minimum absolute atomic E-state index is 0.194. The van der Waals surface area contributed by atoms with Gasteiger partial charge in [-0.1, -0.05) is 13.8 Å². The Kier molecular flexibility index (Phi) is 4.62. The Morgan fingerprint density at radius 1 is 1.33 bits per heavy atom. The van der Waals surface area contributed by atoms with Gasteiger partial charge in [-0.05, 0) is 24.3 Å². The second-order valence-electron chi connectivity index (χ2n) is 3.55. The highest BCUT2D eigenvalue weighted by Gasteiger charge is 2.04. The second-order valence-corrected chi connectivity index (χ2v) is 5.66. The van der Waals surface area contributed by atoms with Gasteiger partial charge in [-0.25, -0.2) is 0 Å². The highest BCUT2D eigenvalue weighted by atomic mass is 32.2. The minimum Gasteiger partial charge on any atom is -0.493 e. The van der Waals surface area contributed by atoms with Crippen LogP contribution in [0.1, 0.15) is 13.8 Å². The van der Waals surface area contributed by atoms with Crippen molar-refractivity contribution < 1.29 is 8.95 Å². The summed E-state index contributed by atoms with van der Waals surface area (Å²) in [4.78, 5) is 0. The highest BCUT2D eigenvalue weighted by molar-refractivity contribution is 7.85. The van der Waals surface area contributed by atoms with Crippen molar-refractivity contribution in [3.05, 3.63) is 24.3 Å². The van der Waals surface area contributed by atoms with Gasteiger partial charge in [-0.2, -0.15) is 0 Å². The van der Waals surface area contributed by atoms with Gasteiger partial charge in [0.25, 0.3) is 0 Å². The van der Waals surface area contributed by atoms with E-state index in [1.54, 1.807) is 12.1 Å². The molecular formula is C11H17NO2S. The summed E-state index contributed by atoms with van der Waals surface area (Å²) in [6.45, 7) is 4.37. The lowest BCUT2D eigenvalue weighted by Crippen LogP contribution is -2.15. The zero-order chi connectivity index (χ0) is 11.3. The molecule has 2 N–H and O–H groups in total. The SMILES string of the molecule is CC(C)S(=O)CCOc1ccc(N)cc1. The fourth-order valence-electron chi connectivity index (χ4n) is 1.04. The molecule has 0 radical (unpaired) electrons. The van der Waals surface area contributed by atoms with Crippen molar-refractivity contribution in [1.82, 2.24) is 0 Å². The van der Waals surface area contributed by atoms with Crippen LogP contribution in [0.25, 0.3) is 0 Å². The minimum atomic E-state index is -0.799. The first-order valence-corrected chi connectivity index (χ1v) is 6.33. The van der Waals surface area contributed by atoms with Gasteiger partial charge >= 0.3 is 0 Å². The molecule has 15 heavy (non-hydrogen) atoms. The quantitative estimate of drug-likeness (QED) is 0.780. The summed E-state index contributed by atoms with van der Waals surface area (Å²) in [6, 6.07) is 7.20. The van der Waals surface area contributed by atoms with Gasteiger partial charge < -0.3 is 10.5 Å². The van der Waals surface area contributed by atoms with E-state index >= 15 is 0 Å². The summed E-state index contributed by atoms with van der Waals surface area (Å²) < 4.78 is 16.8. The van der Waals surface area contributed by atoms with Crippen LogP contribution in [0.5, 0.6) is 5.75 Å². The van der Waals surface area contributed by atoms with Crippen LogP contribution in [0.3, 0.4) is 0 Å². The van der Waals surface area contributed by atoms with Crippen molar-refractivity contribution in [3.8, 4) is 5.75 Å². The van der Waals surface area contributed by atoms with Gasteiger partial charge in [0.15, 0.2) is 0 Å². The number of nitrogens with two attached hydrogens (primary N) is 1. The Balaban J connectivity index is 2.32. The maximum absolute atomic E-state index is 11.4. The Hall–Kier alpha value is -1.03. The first kappa shape index (κ1) is 12.0. The fraction of sp³-hybridized carbons (Fsp3) is 0.455. The maximum Gasteiger partial charge on any atom is 0.119 e. The Morgan fingerprint density at radius 2 is 1.93 bits per heavy atom. The van der Waals surface area contributed by atoms with E-state index in [-0.39, 0.29) is 5.25 Å². The largest absolute Gasteiger partial charge is 0.493 e. The Bertz CT molecular complexity index is 322. The summed E-state index contributed by atoms with van der Waals surface area (Å²) in [6.07, 6.45) is 0. The van der Waals surface area contributed by atoms with Crippen molar-refractivity contribution in [2.24, 2.45) is 0 Å². The zero-order valence-electron chi connectivity index (χ0n) is 9.10. The molecule has 1 aromatic carbocycles. The third-order valence-corrected chi connectivity index (χ3v) is 3.58. The smallest absolute Gasteiger partial charge is 0.119 e. The highest BCUT2D eigenvalue weighted by Crippen LogP contribution is 2.12. The van der Waals surface area contributed by atoms with Crippen LogP contribution in [0.2, 0.25) is 0 Å². The van der Waals surface area contributed by atoms with Crippen molar-refractivity contribution in [3.63, 3.8) is 0 Å². The molecule has 1 aromatic rings. The van der Waals surface area contributed by atoms with Crippen LogP contribution in [0, 0.1) is 0 Å². The van der Waals surface area contributed by atoms with E-state index in [0.29, 0.717) is 18.0 Å². The molecule has 0 aromatic heterocycles. The maximum atomic E-state index is 11.4.